The van der Waals surface area contributed by atoms with Crippen LogP contribution in [0.4, 0.5) is 13.2 Å². The van der Waals surface area contributed by atoms with Crippen LogP contribution >= 0.6 is 15.9 Å². The van der Waals surface area contributed by atoms with E-state index >= 15 is 0 Å². The van der Waals surface area contributed by atoms with E-state index in [-0.39, 0.29) is 4.90 Å². The molecule has 8 heteroatoms. The molecule has 118 valence electrons. The minimum atomic E-state index is -4.53. The van der Waals surface area contributed by atoms with Crippen molar-refractivity contribution in [1.82, 2.24) is 0 Å². The Morgan fingerprint density at radius 3 is 2.67 bits per heavy atom. The van der Waals surface area contributed by atoms with Crippen molar-refractivity contribution in [2.45, 2.75) is 30.8 Å². The van der Waals surface area contributed by atoms with Crippen LogP contribution < -0.4 is 4.74 Å². The zero-order valence-corrected chi connectivity index (χ0v) is 13.6. The predicted molar refractivity (Wildman–Crippen MR) is 75.2 cm³/mol. The molecule has 2 rings (SSSR count). The second kappa shape index (κ2) is 5.79. The van der Waals surface area contributed by atoms with Crippen molar-refractivity contribution >= 4 is 25.8 Å². The fourth-order valence-electron chi connectivity index (χ4n) is 2.20. The molecule has 1 aliphatic rings. The monoisotopic (exact) mass is 386 g/mol. The van der Waals surface area contributed by atoms with Gasteiger partial charge in [-0.05, 0) is 40.9 Å². The lowest BCUT2D eigenvalue weighted by Crippen LogP contribution is -2.28. The van der Waals surface area contributed by atoms with Crippen molar-refractivity contribution < 1.29 is 26.3 Å². The average molecular weight is 387 g/mol. The van der Waals surface area contributed by atoms with E-state index in [4.69, 9.17) is 4.74 Å². The molecule has 0 saturated carbocycles. The lowest BCUT2D eigenvalue weighted by atomic mass is 10.1. The Bertz CT molecular complexity index is 641. The molecule has 1 aromatic rings. The summed E-state index contributed by atoms with van der Waals surface area (Å²) in [6.45, 7) is 1.34. The van der Waals surface area contributed by atoms with Gasteiger partial charge in [0.1, 0.15) is 5.75 Å². The average Bonchev–Trinajstić information content (AvgIpc) is 2.37. The van der Waals surface area contributed by atoms with Crippen LogP contribution in [0.3, 0.4) is 0 Å². The van der Waals surface area contributed by atoms with Crippen LogP contribution in [0.1, 0.15) is 18.9 Å². The highest BCUT2D eigenvalue weighted by Crippen LogP contribution is 2.38. The Morgan fingerprint density at radius 2 is 2.05 bits per heavy atom. The summed E-state index contributed by atoms with van der Waals surface area (Å²) in [6.07, 6.45) is -3.41. The van der Waals surface area contributed by atoms with E-state index in [0.717, 1.165) is 6.92 Å². The smallest absolute Gasteiger partial charge is 0.392 e. The van der Waals surface area contributed by atoms with E-state index in [1.54, 1.807) is 0 Å². The number of ether oxygens (including phenoxy) is 1. The second-order valence-corrected chi connectivity index (χ2v) is 7.89. The van der Waals surface area contributed by atoms with Gasteiger partial charge in [0.05, 0.1) is 27.6 Å². The molecular weight excluding hydrogens is 373 g/mol. The van der Waals surface area contributed by atoms with Crippen molar-refractivity contribution in [2.75, 3.05) is 12.4 Å². The van der Waals surface area contributed by atoms with Gasteiger partial charge >= 0.3 is 6.18 Å². The normalized spacial score (nSPS) is 17.0. The second-order valence-electron chi connectivity index (χ2n) is 5.03. The van der Waals surface area contributed by atoms with E-state index in [1.165, 1.54) is 12.1 Å². The standard InChI is InChI=1S/C13H14BrF3O3S/c1-8(13(15,16)17)7-21(18,19)11-5-4-10(14)12-9(11)3-2-6-20-12/h4-5,8H,2-3,6-7H2,1H3/t8-/m1/s1. The third-order valence-electron chi connectivity index (χ3n) is 3.35. The SMILES string of the molecule is C[C@H](CS(=O)(=O)c1ccc(Br)c2c1CCCO2)C(F)(F)F. The Kier molecular flexibility index (Phi) is 4.58. The summed E-state index contributed by atoms with van der Waals surface area (Å²) in [4.78, 5) is -0.0588. The Morgan fingerprint density at radius 1 is 1.38 bits per heavy atom. The molecule has 0 aliphatic carbocycles. The Hall–Kier alpha value is -0.760. The maximum Gasteiger partial charge on any atom is 0.392 e. The molecule has 0 amide bonds. The molecule has 3 nitrogen and oxygen atoms in total. The number of fused-ring (bicyclic) bond motifs is 1. The number of halogens is 4. The van der Waals surface area contributed by atoms with E-state index in [2.05, 4.69) is 15.9 Å². The molecule has 0 radical (unpaired) electrons. The fourth-order valence-corrected chi connectivity index (χ4v) is 4.56. The van der Waals surface area contributed by atoms with E-state index in [0.29, 0.717) is 35.2 Å². The highest BCUT2D eigenvalue weighted by Gasteiger charge is 2.40. The highest BCUT2D eigenvalue weighted by atomic mass is 79.9. The Labute approximate surface area is 129 Å². The summed E-state index contributed by atoms with van der Waals surface area (Å²) in [5.41, 5.74) is 0.463. The molecular formula is C13H14BrF3O3S. The van der Waals surface area contributed by atoms with Crippen molar-refractivity contribution in [3.05, 3.63) is 22.2 Å². The number of hydrogen-bond acceptors (Lipinski definition) is 3. The minimum Gasteiger partial charge on any atom is -0.492 e. The molecule has 0 N–H and O–H groups in total. The van der Waals surface area contributed by atoms with Crippen molar-refractivity contribution in [3.63, 3.8) is 0 Å². The predicted octanol–water partition coefficient (Wildman–Crippen LogP) is 3.75. The molecule has 0 unspecified atom stereocenters. The molecule has 0 bridgehead atoms. The Balaban J connectivity index is 2.42. The van der Waals surface area contributed by atoms with Gasteiger partial charge in [-0.25, -0.2) is 8.42 Å². The molecule has 1 aliphatic heterocycles. The van der Waals surface area contributed by atoms with Gasteiger partial charge in [-0.2, -0.15) is 13.2 Å². The first-order chi connectivity index (χ1) is 9.63. The molecule has 0 aromatic heterocycles. The fraction of sp³-hybridized carbons (Fsp3) is 0.538. The summed E-state index contributed by atoms with van der Waals surface area (Å²) < 4.78 is 68.4. The third-order valence-corrected chi connectivity index (χ3v) is 5.97. The van der Waals surface area contributed by atoms with Gasteiger partial charge in [-0.15, -0.1) is 0 Å². The molecule has 1 atom stereocenters. The zero-order chi connectivity index (χ0) is 15.8. The number of alkyl halides is 3. The van der Waals surface area contributed by atoms with Gasteiger partial charge in [0, 0.05) is 5.56 Å². The molecule has 21 heavy (non-hydrogen) atoms. The van der Waals surface area contributed by atoms with Crippen LogP contribution in [-0.4, -0.2) is 27.0 Å². The highest BCUT2D eigenvalue weighted by molar-refractivity contribution is 9.10. The van der Waals surface area contributed by atoms with Gasteiger partial charge in [0.25, 0.3) is 0 Å². The first-order valence-corrected chi connectivity index (χ1v) is 8.81. The summed E-state index contributed by atoms with van der Waals surface area (Å²) in [7, 11) is -4.02. The summed E-state index contributed by atoms with van der Waals surface area (Å²) >= 11 is 3.27. The van der Waals surface area contributed by atoms with Crippen molar-refractivity contribution in [2.24, 2.45) is 5.92 Å². The van der Waals surface area contributed by atoms with Gasteiger partial charge in [0.2, 0.25) is 0 Å². The van der Waals surface area contributed by atoms with Crippen molar-refractivity contribution in [1.29, 1.82) is 0 Å². The number of benzene rings is 1. The summed E-state index contributed by atoms with van der Waals surface area (Å²) in [6, 6.07) is 2.84. The number of hydrogen-bond donors (Lipinski definition) is 0. The molecule has 0 spiro atoms. The van der Waals surface area contributed by atoms with Crippen LogP contribution in [0, 0.1) is 5.92 Å². The van der Waals surface area contributed by atoms with E-state index in [1.807, 2.05) is 0 Å². The largest absolute Gasteiger partial charge is 0.492 e. The first kappa shape index (κ1) is 16.6. The summed E-state index contributed by atoms with van der Waals surface area (Å²) in [5.74, 6) is -2.45. The number of rotatable bonds is 3. The van der Waals surface area contributed by atoms with Crippen LogP contribution in [0.15, 0.2) is 21.5 Å². The topological polar surface area (TPSA) is 43.4 Å². The van der Waals surface area contributed by atoms with E-state index < -0.39 is 27.7 Å². The van der Waals surface area contributed by atoms with Gasteiger partial charge < -0.3 is 4.74 Å². The molecule has 0 saturated heterocycles. The van der Waals surface area contributed by atoms with Gasteiger partial charge in [-0.1, -0.05) is 6.92 Å². The summed E-state index contributed by atoms with van der Waals surface area (Å²) in [5, 5.41) is 0. The number of sulfone groups is 1. The lowest BCUT2D eigenvalue weighted by molar-refractivity contribution is -0.163. The molecule has 0 fully saturated rings. The van der Waals surface area contributed by atoms with Crippen LogP contribution in [-0.2, 0) is 16.3 Å². The van der Waals surface area contributed by atoms with Crippen molar-refractivity contribution in [3.8, 4) is 5.75 Å². The maximum atomic E-state index is 12.6. The quantitative estimate of drug-likeness (QED) is 0.794. The minimum absolute atomic E-state index is 0.0588. The van der Waals surface area contributed by atoms with E-state index in [9.17, 15) is 21.6 Å². The van der Waals surface area contributed by atoms with Crippen LogP contribution in [0.2, 0.25) is 0 Å². The third kappa shape index (κ3) is 3.53. The maximum absolute atomic E-state index is 12.6. The van der Waals surface area contributed by atoms with Gasteiger partial charge in [-0.3, -0.25) is 0 Å². The van der Waals surface area contributed by atoms with Crippen LogP contribution in [0.25, 0.3) is 0 Å². The first-order valence-electron chi connectivity index (χ1n) is 6.36. The lowest BCUT2D eigenvalue weighted by Gasteiger charge is -2.22. The van der Waals surface area contributed by atoms with Gasteiger partial charge in [0.15, 0.2) is 9.84 Å². The van der Waals surface area contributed by atoms with Crippen LogP contribution in [0.5, 0.6) is 5.75 Å². The molecule has 1 aromatic carbocycles. The molecule has 1 heterocycles. The zero-order valence-electron chi connectivity index (χ0n) is 11.2.